The lowest BCUT2D eigenvalue weighted by Crippen LogP contribution is -2.41. The van der Waals surface area contributed by atoms with Crippen molar-refractivity contribution in [2.75, 3.05) is 0 Å². The molecule has 0 radical (unpaired) electrons. The first kappa shape index (κ1) is 16.1. The van der Waals surface area contributed by atoms with Crippen molar-refractivity contribution in [1.82, 2.24) is 4.98 Å². The topological polar surface area (TPSA) is 12.9 Å². The molecule has 0 bridgehead atoms. The minimum atomic E-state index is -1.60. The molecule has 0 fully saturated rings. The summed E-state index contributed by atoms with van der Waals surface area (Å²) in [6.45, 7) is 17.0. The fraction of sp³-hybridized carbons (Fsp3) is 0.500. The van der Waals surface area contributed by atoms with Crippen LogP contribution in [0.3, 0.4) is 0 Å². The summed E-state index contributed by atoms with van der Waals surface area (Å²) < 4.78 is 17.2. The molecule has 2 heteroatoms. The van der Waals surface area contributed by atoms with E-state index in [0.29, 0.717) is 0 Å². The van der Waals surface area contributed by atoms with Crippen LogP contribution in [0.4, 0.5) is 0 Å². The number of rotatable bonds is 5. The molecule has 1 aromatic carbocycles. The van der Waals surface area contributed by atoms with E-state index in [1.54, 1.807) is 0 Å². The highest BCUT2D eigenvalue weighted by molar-refractivity contribution is 6.89. The summed E-state index contributed by atoms with van der Waals surface area (Å²) in [5, 5.41) is 1.27. The van der Waals surface area contributed by atoms with Gasteiger partial charge in [-0.2, -0.15) is 0 Å². The van der Waals surface area contributed by atoms with Gasteiger partial charge in [-0.25, -0.2) is 0 Å². The van der Waals surface area contributed by atoms with Gasteiger partial charge in [0, 0.05) is 14.5 Å². The maximum absolute atomic E-state index is 8.99. The molecular weight excluding hydrogens is 306 g/mol. The SMILES string of the molecule is [2H]C(C)(C)c1ccc(-c2cc(C([2H])(C)C(C)C)c([Si](C)(C)C)cn2)cc1. The lowest BCUT2D eigenvalue weighted by molar-refractivity contribution is 0.537. The molecule has 0 aliphatic rings. The van der Waals surface area contributed by atoms with Gasteiger partial charge in [-0.15, -0.1) is 0 Å². The summed E-state index contributed by atoms with van der Waals surface area (Å²) in [6, 6.07) is 10.2. The zero-order valence-electron chi connectivity index (χ0n) is 18.5. The van der Waals surface area contributed by atoms with Crippen molar-refractivity contribution in [3.8, 4) is 11.3 Å². The Morgan fingerprint density at radius 3 is 2.00 bits per heavy atom. The van der Waals surface area contributed by atoms with Crippen LogP contribution in [0.2, 0.25) is 19.6 Å². The third kappa shape index (κ3) is 4.16. The van der Waals surface area contributed by atoms with Crippen LogP contribution in [0.25, 0.3) is 11.3 Å². The lowest BCUT2D eigenvalue weighted by Gasteiger charge is -2.26. The number of hydrogen-bond acceptors (Lipinski definition) is 1. The average molecular weight is 342 g/mol. The van der Waals surface area contributed by atoms with Crippen LogP contribution in [0.5, 0.6) is 0 Å². The summed E-state index contributed by atoms with van der Waals surface area (Å²) >= 11 is 0. The second-order valence-corrected chi connectivity index (χ2v) is 13.3. The molecule has 24 heavy (non-hydrogen) atoms. The van der Waals surface area contributed by atoms with Gasteiger partial charge >= 0.3 is 0 Å². The Morgan fingerprint density at radius 2 is 1.54 bits per heavy atom. The Bertz CT molecular complexity index is 766. The predicted octanol–water partition coefficient (Wildman–Crippen LogP) is 6.18. The smallest absolute Gasteiger partial charge is 0.0799 e. The number of nitrogens with zero attached hydrogens (tertiary/aromatic N) is 1. The predicted molar refractivity (Wildman–Crippen MR) is 110 cm³/mol. The van der Waals surface area contributed by atoms with Gasteiger partial charge in [-0.05, 0) is 40.1 Å². The Morgan fingerprint density at radius 1 is 0.958 bits per heavy atom. The summed E-state index contributed by atoms with van der Waals surface area (Å²) in [5.74, 6) is -1.02. The van der Waals surface area contributed by atoms with Gasteiger partial charge in [0.05, 0.1) is 13.8 Å². The third-order valence-corrected chi connectivity index (χ3v) is 6.78. The van der Waals surface area contributed by atoms with Crippen molar-refractivity contribution < 1.29 is 2.74 Å². The van der Waals surface area contributed by atoms with Crippen molar-refractivity contribution >= 4 is 13.3 Å². The van der Waals surface area contributed by atoms with Crippen molar-refractivity contribution in [2.45, 2.75) is 66.0 Å². The first-order chi connectivity index (χ1) is 11.7. The highest BCUT2D eigenvalue weighted by Crippen LogP contribution is 2.28. The van der Waals surface area contributed by atoms with Crippen molar-refractivity contribution in [3.63, 3.8) is 0 Å². The fourth-order valence-electron chi connectivity index (χ4n) is 2.82. The third-order valence-electron chi connectivity index (χ3n) is 4.76. The first-order valence-corrected chi connectivity index (χ1v) is 12.4. The molecule has 0 amide bonds. The number of pyridine rings is 1. The zero-order valence-corrected chi connectivity index (χ0v) is 17.5. The van der Waals surface area contributed by atoms with E-state index in [9.17, 15) is 0 Å². The van der Waals surface area contributed by atoms with E-state index in [0.717, 1.165) is 22.4 Å². The van der Waals surface area contributed by atoms with Gasteiger partial charge in [0.15, 0.2) is 0 Å². The molecule has 0 aliphatic heterocycles. The Labute approximate surface area is 152 Å². The zero-order chi connectivity index (χ0) is 19.9. The van der Waals surface area contributed by atoms with E-state index in [1.165, 1.54) is 5.19 Å². The van der Waals surface area contributed by atoms with Crippen LogP contribution in [-0.4, -0.2) is 13.1 Å². The number of aromatic nitrogens is 1. The summed E-state index contributed by atoms with van der Waals surface area (Å²) in [6.07, 6.45) is 2.01. The summed E-state index contributed by atoms with van der Waals surface area (Å²) in [5.41, 5.74) is 4.06. The quantitative estimate of drug-likeness (QED) is 0.592. The minimum absolute atomic E-state index is 0.222. The maximum atomic E-state index is 8.99. The fourth-order valence-corrected chi connectivity index (χ4v) is 4.35. The van der Waals surface area contributed by atoms with Crippen molar-refractivity contribution in [2.24, 2.45) is 5.92 Å². The molecule has 1 nitrogen and oxygen atoms in total. The van der Waals surface area contributed by atoms with Gasteiger partial charge in [0.1, 0.15) is 0 Å². The van der Waals surface area contributed by atoms with E-state index in [1.807, 2.05) is 51.2 Å². The maximum Gasteiger partial charge on any atom is 0.0799 e. The molecule has 0 N–H and O–H groups in total. The molecule has 0 saturated carbocycles. The molecule has 1 atom stereocenters. The second kappa shape index (κ2) is 7.22. The van der Waals surface area contributed by atoms with Gasteiger partial charge in [-0.1, -0.05) is 78.5 Å². The van der Waals surface area contributed by atoms with Gasteiger partial charge in [0.2, 0.25) is 0 Å². The van der Waals surface area contributed by atoms with E-state index in [4.69, 9.17) is 7.73 Å². The molecular formula is C22H33NSi. The molecule has 2 rings (SSSR count). The van der Waals surface area contributed by atoms with Gasteiger partial charge < -0.3 is 0 Å². The monoisotopic (exact) mass is 341 g/mol. The Balaban J connectivity index is 2.59. The van der Waals surface area contributed by atoms with E-state index in [-0.39, 0.29) is 5.92 Å². The van der Waals surface area contributed by atoms with E-state index >= 15 is 0 Å². The van der Waals surface area contributed by atoms with Crippen LogP contribution in [-0.2, 0) is 0 Å². The molecule has 1 heterocycles. The molecule has 2 aromatic rings. The number of hydrogen-bond donors (Lipinski definition) is 0. The molecule has 130 valence electrons. The van der Waals surface area contributed by atoms with Crippen LogP contribution in [0, 0.1) is 5.92 Å². The average Bonchev–Trinajstić information content (AvgIpc) is 2.52. The standard InChI is InChI=1S/C22H33NSi/c1-15(2)17(5)20-13-21(23-14-22(20)24(6,7)8)19-11-9-18(10-12-19)16(3)4/h9-17H,1-8H3/i16D,17D. The van der Waals surface area contributed by atoms with E-state index < -0.39 is 19.9 Å². The molecule has 0 spiro atoms. The largest absolute Gasteiger partial charge is 0.256 e. The van der Waals surface area contributed by atoms with Crippen LogP contribution in [0.1, 0.15) is 60.3 Å². The Hall–Kier alpha value is -1.41. The molecule has 0 aliphatic carbocycles. The normalized spacial score (nSPS) is 16.5. The second-order valence-electron chi connectivity index (χ2n) is 8.28. The minimum Gasteiger partial charge on any atom is -0.256 e. The highest BCUT2D eigenvalue weighted by Gasteiger charge is 2.25. The number of benzene rings is 1. The van der Waals surface area contributed by atoms with Crippen molar-refractivity contribution in [1.29, 1.82) is 0 Å². The summed E-state index contributed by atoms with van der Waals surface area (Å²) in [7, 11) is -1.60. The lowest BCUT2D eigenvalue weighted by atomic mass is 9.90. The summed E-state index contributed by atoms with van der Waals surface area (Å²) in [4.78, 5) is 4.75. The molecule has 1 unspecified atom stereocenters. The van der Waals surface area contributed by atoms with E-state index in [2.05, 4.69) is 39.6 Å². The van der Waals surface area contributed by atoms with Crippen LogP contribution < -0.4 is 5.19 Å². The Kier molecular flexibility index (Phi) is 4.84. The molecule has 1 aromatic heterocycles. The van der Waals surface area contributed by atoms with Crippen LogP contribution >= 0.6 is 0 Å². The van der Waals surface area contributed by atoms with Crippen LogP contribution in [0.15, 0.2) is 36.5 Å². The first-order valence-electron chi connectivity index (χ1n) is 9.86. The molecule has 0 saturated heterocycles. The highest BCUT2D eigenvalue weighted by atomic mass is 28.3. The van der Waals surface area contributed by atoms with Gasteiger partial charge in [0.25, 0.3) is 0 Å². The van der Waals surface area contributed by atoms with Crippen molar-refractivity contribution in [3.05, 3.63) is 47.7 Å². The van der Waals surface area contributed by atoms with Gasteiger partial charge in [-0.3, -0.25) is 4.98 Å².